The van der Waals surface area contributed by atoms with Crippen LogP contribution in [-0.2, 0) is 23.8 Å². The van der Waals surface area contributed by atoms with E-state index in [4.69, 9.17) is 19.6 Å². The minimum absolute atomic E-state index is 0.157. The zero-order valence-corrected chi connectivity index (χ0v) is 21.3. The molecule has 0 aliphatic carbocycles. The van der Waals surface area contributed by atoms with E-state index in [0.717, 1.165) is 26.2 Å². The Kier molecular flexibility index (Phi) is 9.80. The first kappa shape index (κ1) is 27.9. The summed E-state index contributed by atoms with van der Waals surface area (Å²) in [5.41, 5.74) is 1.05. The molecule has 2 saturated heterocycles. The lowest BCUT2D eigenvalue weighted by molar-refractivity contribution is -0.147. The van der Waals surface area contributed by atoms with Crippen LogP contribution in [0.25, 0.3) is 0 Å². The Hall–Kier alpha value is -3.71. The number of amidine groups is 1. The molecule has 2 fully saturated rings. The molecule has 3 rings (SSSR count). The van der Waals surface area contributed by atoms with E-state index < -0.39 is 18.1 Å². The van der Waals surface area contributed by atoms with Gasteiger partial charge in [-0.3, -0.25) is 35.0 Å². The van der Waals surface area contributed by atoms with Crippen LogP contribution in [-0.4, -0.2) is 111 Å². The smallest absolute Gasteiger partial charge is 0.414 e. The Morgan fingerprint density at radius 2 is 1.84 bits per heavy atom. The number of esters is 2. The molecular weight excluding hydrogens is 484 g/mol. The van der Waals surface area contributed by atoms with Crippen LogP contribution in [0.2, 0.25) is 0 Å². The van der Waals surface area contributed by atoms with Crippen LogP contribution in [0, 0.1) is 5.41 Å². The molecule has 202 valence electrons. The van der Waals surface area contributed by atoms with Crippen LogP contribution in [0.5, 0.6) is 0 Å². The summed E-state index contributed by atoms with van der Waals surface area (Å²) in [5.74, 6) is -0.974. The highest BCUT2D eigenvalue weighted by molar-refractivity contribution is 6.06. The molecular formula is C24H34N6O7. The number of amides is 3. The van der Waals surface area contributed by atoms with Crippen molar-refractivity contribution in [1.82, 2.24) is 20.4 Å². The predicted molar refractivity (Wildman–Crippen MR) is 134 cm³/mol. The van der Waals surface area contributed by atoms with Crippen LogP contribution in [0.1, 0.15) is 19.4 Å². The number of nitrogens with zero attached hydrogens (tertiary/aromatic N) is 3. The maximum Gasteiger partial charge on any atom is 0.414 e. The molecule has 2 aliphatic rings. The van der Waals surface area contributed by atoms with Crippen LogP contribution < -0.4 is 15.5 Å². The monoisotopic (exact) mass is 518 g/mol. The fraction of sp³-hybridized carbons (Fsp3) is 0.542. The average molecular weight is 519 g/mol. The Bertz CT molecular complexity index is 994. The highest BCUT2D eigenvalue weighted by Gasteiger charge is 2.35. The number of carbonyl (C=O) groups is 4. The number of hydrogen-bond donors (Lipinski definition) is 3. The zero-order valence-electron chi connectivity index (χ0n) is 21.3. The topological polar surface area (TPSA) is 154 Å². The highest BCUT2D eigenvalue weighted by Crippen LogP contribution is 2.23. The summed E-state index contributed by atoms with van der Waals surface area (Å²) in [4.78, 5) is 53.3. The fourth-order valence-electron chi connectivity index (χ4n) is 4.17. The second kappa shape index (κ2) is 13.0. The molecule has 2 unspecified atom stereocenters. The van der Waals surface area contributed by atoms with Gasteiger partial charge in [-0.2, -0.15) is 0 Å². The molecule has 0 saturated carbocycles. The second-order valence-corrected chi connectivity index (χ2v) is 8.69. The van der Waals surface area contributed by atoms with Crippen molar-refractivity contribution < 1.29 is 33.4 Å². The normalized spacial score (nSPS) is 19.1. The van der Waals surface area contributed by atoms with Gasteiger partial charge in [-0.1, -0.05) is 0 Å². The number of urea groups is 1. The molecule has 1 aromatic carbocycles. The molecule has 13 nitrogen and oxygen atoms in total. The standard InChI is InChI=1S/C24H34N6O7/c1-4-36-20(31)13-26-23(33)27-21(25)17-5-7-18(8-6-17)30-15-19(37-24(30)34)14-28-9-11-29(12-10-28)16(2)22(32)35-3/h5-8,16,19H,4,9-15H2,1-3H3,(H3,25,26,27,33). The summed E-state index contributed by atoms with van der Waals surface area (Å²) in [6, 6.07) is 5.61. The maximum absolute atomic E-state index is 12.5. The largest absolute Gasteiger partial charge is 0.468 e. The Morgan fingerprint density at radius 3 is 2.46 bits per heavy atom. The minimum Gasteiger partial charge on any atom is -0.468 e. The highest BCUT2D eigenvalue weighted by atomic mass is 16.6. The van der Waals surface area contributed by atoms with Crippen LogP contribution in [0.3, 0.4) is 0 Å². The minimum atomic E-state index is -0.700. The molecule has 3 amide bonds. The van der Waals surface area contributed by atoms with Gasteiger partial charge in [0, 0.05) is 44.0 Å². The Balaban J connectivity index is 1.46. The summed E-state index contributed by atoms with van der Waals surface area (Å²) < 4.78 is 15.1. The first-order chi connectivity index (χ1) is 17.7. The van der Waals surface area contributed by atoms with E-state index in [0.29, 0.717) is 24.3 Å². The average Bonchev–Trinajstić information content (AvgIpc) is 3.26. The SMILES string of the molecule is CCOC(=O)CNC(=O)NC(=N)c1ccc(N2CC(CN3CCN(C(C)C(=O)OC)CC3)OC2=O)cc1. The Labute approximate surface area is 215 Å². The molecule has 1 aromatic rings. The van der Waals surface area contributed by atoms with Gasteiger partial charge in [0.1, 0.15) is 24.5 Å². The van der Waals surface area contributed by atoms with E-state index in [1.807, 2.05) is 6.92 Å². The van der Waals surface area contributed by atoms with Gasteiger partial charge >= 0.3 is 24.1 Å². The van der Waals surface area contributed by atoms with Gasteiger partial charge in [-0.15, -0.1) is 0 Å². The molecule has 13 heteroatoms. The molecule has 0 aromatic heterocycles. The van der Waals surface area contributed by atoms with Crippen molar-refractivity contribution in [3.63, 3.8) is 0 Å². The van der Waals surface area contributed by atoms with Crippen molar-refractivity contribution in [2.75, 3.05) is 64.4 Å². The van der Waals surface area contributed by atoms with Crippen LogP contribution in [0.4, 0.5) is 15.3 Å². The zero-order chi connectivity index (χ0) is 26.9. The van der Waals surface area contributed by atoms with E-state index >= 15 is 0 Å². The number of ether oxygens (including phenoxy) is 3. The Morgan fingerprint density at radius 1 is 1.16 bits per heavy atom. The van der Waals surface area contributed by atoms with Gasteiger partial charge in [-0.05, 0) is 38.1 Å². The quantitative estimate of drug-likeness (QED) is 0.182. The first-order valence-corrected chi connectivity index (χ1v) is 12.1. The lowest BCUT2D eigenvalue weighted by Gasteiger charge is -2.37. The molecule has 2 heterocycles. The third-order valence-electron chi connectivity index (χ3n) is 6.24. The van der Waals surface area contributed by atoms with Gasteiger partial charge in [0.15, 0.2) is 0 Å². The van der Waals surface area contributed by atoms with E-state index in [1.54, 1.807) is 31.2 Å². The summed E-state index contributed by atoms with van der Waals surface area (Å²) in [5, 5.41) is 12.7. The van der Waals surface area contributed by atoms with Crippen molar-refractivity contribution in [3.8, 4) is 0 Å². The van der Waals surface area contributed by atoms with E-state index in [-0.39, 0.29) is 37.1 Å². The summed E-state index contributed by atoms with van der Waals surface area (Å²) >= 11 is 0. The number of cyclic esters (lactones) is 1. The maximum atomic E-state index is 12.5. The number of hydrogen-bond acceptors (Lipinski definition) is 10. The fourth-order valence-corrected chi connectivity index (χ4v) is 4.17. The van der Waals surface area contributed by atoms with Gasteiger partial charge in [0.25, 0.3) is 0 Å². The molecule has 2 atom stereocenters. The molecule has 2 aliphatic heterocycles. The summed E-state index contributed by atoms with van der Waals surface area (Å²) in [6.45, 7) is 7.36. The lowest BCUT2D eigenvalue weighted by Crippen LogP contribution is -2.53. The summed E-state index contributed by atoms with van der Waals surface area (Å²) in [6.07, 6.45) is -0.734. The third-order valence-corrected chi connectivity index (χ3v) is 6.24. The number of piperazine rings is 1. The predicted octanol–water partition coefficient (Wildman–Crippen LogP) is 0.379. The number of carbonyl (C=O) groups excluding carboxylic acids is 4. The van der Waals surface area contributed by atoms with Crippen LogP contribution in [0.15, 0.2) is 24.3 Å². The number of rotatable bonds is 9. The van der Waals surface area contributed by atoms with E-state index in [2.05, 4.69) is 20.4 Å². The van der Waals surface area contributed by atoms with E-state index in [1.165, 1.54) is 12.0 Å². The summed E-state index contributed by atoms with van der Waals surface area (Å²) in [7, 11) is 1.39. The second-order valence-electron chi connectivity index (χ2n) is 8.69. The van der Waals surface area contributed by atoms with Crippen molar-refractivity contribution >= 4 is 35.6 Å². The van der Waals surface area contributed by atoms with Gasteiger partial charge < -0.3 is 19.5 Å². The van der Waals surface area contributed by atoms with Crippen molar-refractivity contribution in [2.24, 2.45) is 0 Å². The molecule has 37 heavy (non-hydrogen) atoms. The van der Waals surface area contributed by atoms with Crippen molar-refractivity contribution in [3.05, 3.63) is 29.8 Å². The first-order valence-electron chi connectivity index (χ1n) is 12.1. The number of anilines is 1. The number of benzene rings is 1. The van der Waals surface area contributed by atoms with Crippen molar-refractivity contribution in [1.29, 1.82) is 5.41 Å². The van der Waals surface area contributed by atoms with Crippen LogP contribution >= 0.6 is 0 Å². The lowest BCUT2D eigenvalue weighted by atomic mass is 10.1. The molecule has 0 radical (unpaired) electrons. The number of nitrogens with one attached hydrogen (secondary N) is 3. The van der Waals surface area contributed by atoms with Gasteiger partial charge in [-0.25, -0.2) is 9.59 Å². The van der Waals surface area contributed by atoms with Gasteiger partial charge in [0.2, 0.25) is 0 Å². The molecule has 0 bridgehead atoms. The molecule has 0 spiro atoms. The molecule has 3 N–H and O–H groups in total. The van der Waals surface area contributed by atoms with E-state index in [9.17, 15) is 19.2 Å². The number of methoxy groups -OCH3 is 1. The van der Waals surface area contributed by atoms with Crippen molar-refractivity contribution in [2.45, 2.75) is 26.0 Å². The van der Waals surface area contributed by atoms with Gasteiger partial charge in [0.05, 0.1) is 20.3 Å². The third kappa shape index (κ3) is 7.64.